The molecule has 0 aliphatic carbocycles. The highest BCUT2D eigenvalue weighted by Gasteiger charge is 2.26. The van der Waals surface area contributed by atoms with Crippen LogP contribution in [0.2, 0.25) is 0 Å². The minimum Gasteiger partial charge on any atom is -0.496 e. The van der Waals surface area contributed by atoms with Crippen molar-refractivity contribution in [3.63, 3.8) is 0 Å². The van der Waals surface area contributed by atoms with Crippen LogP contribution in [0.3, 0.4) is 0 Å². The van der Waals surface area contributed by atoms with E-state index in [1.165, 1.54) is 7.11 Å². The smallest absolute Gasteiger partial charge is 0.390 e. The molecule has 0 saturated carbocycles. The average molecular weight is 468 g/mol. The van der Waals surface area contributed by atoms with Crippen molar-refractivity contribution in [3.8, 4) is 11.5 Å². The topological polar surface area (TPSA) is 64.6 Å². The molecule has 0 atom stereocenters. The number of nitrogens with one attached hydrogen (secondary N) is 1. The number of aldehydes is 1. The molecule has 32 heavy (non-hydrogen) atoms. The van der Waals surface area contributed by atoms with Gasteiger partial charge in [-0.25, -0.2) is 0 Å². The van der Waals surface area contributed by atoms with Crippen molar-refractivity contribution in [1.29, 1.82) is 0 Å². The Hall–Kier alpha value is -2.78. The lowest BCUT2D eigenvalue weighted by Gasteiger charge is -2.15. The number of methoxy groups -OCH3 is 1. The number of aryl methyl sites for hydroxylation is 1. The van der Waals surface area contributed by atoms with E-state index in [1.54, 1.807) is 38.1 Å². The largest absolute Gasteiger partial charge is 0.496 e. The van der Waals surface area contributed by atoms with Crippen LogP contribution in [0.25, 0.3) is 5.57 Å². The number of ether oxygens (including phenoxy) is 2. The van der Waals surface area contributed by atoms with Gasteiger partial charge < -0.3 is 9.47 Å². The predicted octanol–water partition coefficient (Wildman–Crippen LogP) is 5.30. The Balaban J connectivity index is 2.23. The van der Waals surface area contributed by atoms with Gasteiger partial charge in [-0.05, 0) is 66.3 Å². The van der Waals surface area contributed by atoms with Gasteiger partial charge in [-0.1, -0.05) is 12.1 Å². The molecule has 9 heteroatoms. The highest BCUT2D eigenvalue weighted by Crippen LogP contribution is 2.34. The average Bonchev–Trinajstić information content (AvgIpc) is 2.75. The quantitative estimate of drug-likeness (QED) is 0.209. The molecule has 0 fully saturated rings. The lowest BCUT2D eigenvalue weighted by atomic mass is 9.95. The van der Waals surface area contributed by atoms with E-state index in [0.717, 1.165) is 28.7 Å². The number of benzene rings is 2. The molecule has 0 unspecified atom stereocenters. The van der Waals surface area contributed by atoms with Crippen LogP contribution in [0.1, 0.15) is 30.0 Å². The van der Waals surface area contributed by atoms with Gasteiger partial charge in [-0.3, -0.25) is 14.3 Å². The third-order valence-electron chi connectivity index (χ3n) is 4.69. The second-order valence-electron chi connectivity index (χ2n) is 6.99. The van der Waals surface area contributed by atoms with E-state index in [9.17, 15) is 22.8 Å². The van der Waals surface area contributed by atoms with Gasteiger partial charge in [-0.15, -0.1) is 0 Å². The molecule has 5 nitrogen and oxygen atoms in total. The second-order valence-corrected chi connectivity index (χ2v) is 7.95. The minimum absolute atomic E-state index is 0.194. The number of hydrogen-bond donors (Lipinski definition) is 1. The first-order valence-electron chi connectivity index (χ1n) is 9.68. The Morgan fingerprint density at radius 1 is 1.16 bits per heavy atom. The zero-order valence-corrected chi connectivity index (χ0v) is 18.7. The molecule has 0 bridgehead atoms. The monoisotopic (exact) mass is 467 g/mol. The molecule has 0 aliphatic rings. The fourth-order valence-electron chi connectivity index (χ4n) is 3.01. The van der Waals surface area contributed by atoms with Crippen molar-refractivity contribution >= 4 is 30.3 Å². The molecule has 2 aromatic rings. The normalized spacial score (nSPS) is 12.2. The molecule has 0 aromatic heterocycles. The summed E-state index contributed by atoms with van der Waals surface area (Å²) < 4.78 is 49.9. The van der Waals surface area contributed by atoms with E-state index in [2.05, 4.69) is 4.72 Å². The molecular formula is C23H24F3NO4S. The van der Waals surface area contributed by atoms with Crippen LogP contribution in [0, 0.1) is 6.92 Å². The Labute approximate surface area is 189 Å². The summed E-state index contributed by atoms with van der Waals surface area (Å²) in [6.07, 6.45) is -4.00. The van der Waals surface area contributed by atoms with E-state index < -0.39 is 12.6 Å². The number of alkyl halides is 3. The molecule has 1 N–H and O–H groups in total. The van der Waals surface area contributed by atoms with E-state index in [1.807, 2.05) is 12.1 Å². The summed E-state index contributed by atoms with van der Waals surface area (Å²) in [6.45, 7) is 3.73. The molecule has 0 amide bonds. The van der Waals surface area contributed by atoms with Gasteiger partial charge in [0.15, 0.2) is 0 Å². The maximum Gasteiger partial charge on any atom is 0.390 e. The van der Waals surface area contributed by atoms with Crippen LogP contribution in [0.4, 0.5) is 13.2 Å². The summed E-state index contributed by atoms with van der Waals surface area (Å²) >= 11 is 1.11. The minimum atomic E-state index is -4.20. The Morgan fingerprint density at radius 2 is 1.91 bits per heavy atom. The molecule has 2 rings (SSSR count). The standard InChI is InChI=1S/C23H24F3NO4S/c1-15-9-20(22(30-3)12-21(15)31-14-29)16(2)18(13-28)10-17-5-4-6-19(11-17)32-27-8-7-23(24,25)26/h4-6,9,11-14,27H,7-8,10H2,1-3H3/b18-16-. The third-order valence-corrected chi connectivity index (χ3v) is 5.53. The van der Waals surface area contributed by atoms with Crippen LogP contribution in [-0.4, -0.2) is 32.6 Å². The van der Waals surface area contributed by atoms with Crippen molar-refractivity contribution in [2.24, 2.45) is 0 Å². The summed E-state index contributed by atoms with van der Waals surface area (Å²) in [5.74, 6) is 0.825. The zero-order chi connectivity index (χ0) is 23.7. The van der Waals surface area contributed by atoms with Crippen LogP contribution in [-0.2, 0) is 16.0 Å². The van der Waals surface area contributed by atoms with Gasteiger partial charge in [0, 0.05) is 29.5 Å². The zero-order valence-electron chi connectivity index (χ0n) is 17.9. The van der Waals surface area contributed by atoms with Gasteiger partial charge in [0.2, 0.25) is 0 Å². The Kier molecular flexibility index (Phi) is 9.34. The van der Waals surface area contributed by atoms with Gasteiger partial charge in [0.1, 0.15) is 17.8 Å². The van der Waals surface area contributed by atoms with Crippen LogP contribution in [0.15, 0.2) is 46.9 Å². The molecule has 2 aromatic carbocycles. The van der Waals surface area contributed by atoms with Crippen molar-refractivity contribution in [1.82, 2.24) is 4.72 Å². The summed E-state index contributed by atoms with van der Waals surface area (Å²) in [6, 6.07) is 10.6. The van der Waals surface area contributed by atoms with Gasteiger partial charge in [-0.2, -0.15) is 13.2 Å². The lowest BCUT2D eigenvalue weighted by Crippen LogP contribution is -2.16. The first-order chi connectivity index (χ1) is 15.2. The van der Waals surface area contributed by atoms with Crippen LogP contribution < -0.4 is 14.2 Å². The predicted molar refractivity (Wildman–Crippen MR) is 118 cm³/mol. The van der Waals surface area contributed by atoms with Crippen molar-refractivity contribution < 1.29 is 32.2 Å². The molecule has 0 aliphatic heterocycles. The van der Waals surface area contributed by atoms with E-state index in [-0.39, 0.29) is 6.54 Å². The SMILES string of the molecule is COc1cc(OC=O)c(C)cc1/C(C)=C(\C=O)Cc1cccc(SNCCC(F)(F)F)c1. The maximum atomic E-state index is 12.3. The molecule has 0 saturated heterocycles. The molecule has 0 spiro atoms. The summed E-state index contributed by atoms with van der Waals surface area (Å²) in [7, 11) is 1.49. The maximum absolute atomic E-state index is 12.3. The molecule has 0 radical (unpaired) electrons. The van der Waals surface area contributed by atoms with Crippen LogP contribution >= 0.6 is 11.9 Å². The fourth-order valence-corrected chi connectivity index (χ4v) is 3.74. The Morgan fingerprint density at radius 3 is 2.53 bits per heavy atom. The highest BCUT2D eigenvalue weighted by atomic mass is 32.2. The first-order valence-corrected chi connectivity index (χ1v) is 10.5. The van der Waals surface area contributed by atoms with Gasteiger partial charge in [0.05, 0.1) is 13.5 Å². The fraction of sp³-hybridized carbons (Fsp3) is 0.304. The van der Waals surface area contributed by atoms with Crippen molar-refractivity contribution in [3.05, 3.63) is 58.7 Å². The lowest BCUT2D eigenvalue weighted by molar-refractivity contribution is -0.132. The van der Waals surface area contributed by atoms with Gasteiger partial charge >= 0.3 is 6.18 Å². The van der Waals surface area contributed by atoms with Gasteiger partial charge in [0.25, 0.3) is 6.47 Å². The van der Waals surface area contributed by atoms with E-state index in [4.69, 9.17) is 9.47 Å². The molecule has 0 heterocycles. The number of hydrogen-bond acceptors (Lipinski definition) is 6. The van der Waals surface area contributed by atoms with Crippen LogP contribution in [0.5, 0.6) is 11.5 Å². The molecular weight excluding hydrogens is 443 g/mol. The number of rotatable bonds is 11. The Bertz CT molecular complexity index is 990. The summed E-state index contributed by atoms with van der Waals surface area (Å²) in [4.78, 5) is 23.3. The summed E-state index contributed by atoms with van der Waals surface area (Å²) in [5, 5.41) is 0. The third kappa shape index (κ3) is 7.42. The number of allylic oxidation sites excluding steroid dienone is 2. The van der Waals surface area contributed by atoms with Crippen molar-refractivity contribution in [2.45, 2.75) is 37.8 Å². The summed E-state index contributed by atoms with van der Waals surface area (Å²) in [5.41, 5.74) is 3.48. The van der Waals surface area contributed by atoms with E-state index >= 15 is 0 Å². The van der Waals surface area contributed by atoms with E-state index in [0.29, 0.717) is 46.7 Å². The van der Waals surface area contributed by atoms with Crippen molar-refractivity contribution in [2.75, 3.05) is 13.7 Å². The number of carbonyl (C=O) groups is 2. The number of halogens is 3. The number of carbonyl (C=O) groups excluding carboxylic acids is 2. The highest BCUT2D eigenvalue weighted by molar-refractivity contribution is 7.97. The molecule has 172 valence electrons. The first kappa shape index (κ1) is 25.5. The second kappa shape index (κ2) is 11.7.